The lowest BCUT2D eigenvalue weighted by Gasteiger charge is -2.34. The lowest BCUT2D eigenvalue weighted by Crippen LogP contribution is -2.48. The molecule has 2 atom stereocenters. The van der Waals surface area contributed by atoms with Crippen LogP contribution in [0.3, 0.4) is 0 Å². The van der Waals surface area contributed by atoms with Gasteiger partial charge in [0.05, 0.1) is 11.8 Å². The molecule has 0 radical (unpaired) electrons. The number of piperazine rings is 1. The Kier molecular flexibility index (Phi) is 15.0. The number of nitrogens with zero attached hydrogens (tertiary/aromatic N) is 2. The highest BCUT2D eigenvalue weighted by molar-refractivity contribution is 14.1. The first-order chi connectivity index (χ1) is 19.3. The van der Waals surface area contributed by atoms with Crippen LogP contribution in [0.25, 0.3) is 0 Å². The summed E-state index contributed by atoms with van der Waals surface area (Å²) >= 11 is 2.35. The fraction of sp³-hybridized carbons (Fsp3) is 0.697. The highest BCUT2D eigenvalue weighted by Gasteiger charge is 2.25. The minimum absolute atomic E-state index is 0.0180. The SMILES string of the molecule is CC(C)=CCCC1=CCC(C(=O)OCCN2CCN(CCOC(=O)C3CC=C(CC/C=C(\C)I)CC3)CC2)CC1. The van der Waals surface area contributed by atoms with E-state index in [2.05, 4.69) is 77.5 Å². The summed E-state index contributed by atoms with van der Waals surface area (Å²) in [5, 5.41) is 0. The van der Waals surface area contributed by atoms with Gasteiger partial charge in [-0.3, -0.25) is 19.4 Å². The molecule has 1 fully saturated rings. The summed E-state index contributed by atoms with van der Waals surface area (Å²) in [5.74, 6) is -0.0320. The maximum atomic E-state index is 12.5. The molecular formula is C33H51IN2O4. The fourth-order valence-electron chi connectivity index (χ4n) is 5.68. The van der Waals surface area contributed by atoms with Gasteiger partial charge in [-0.1, -0.05) is 41.0 Å². The monoisotopic (exact) mass is 666 g/mol. The first-order valence-electron chi connectivity index (χ1n) is 15.4. The molecule has 0 N–H and O–H groups in total. The Bertz CT molecular complexity index is 862. The minimum Gasteiger partial charge on any atom is -0.464 e. The Labute approximate surface area is 256 Å². The zero-order valence-corrected chi connectivity index (χ0v) is 27.3. The van der Waals surface area contributed by atoms with Gasteiger partial charge in [-0.15, -0.1) is 0 Å². The van der Waals surface area contributed by atoms with Crippen molar-refractivity contribution in [3.05, 3.63) is 44.6 Å². The first-order valence-corrected chi connectivity index (χ1v) is 16.5. The summed E-state index contributed by atoms with van der Waals surface area (Å²) in [5.41, 5.74) is 4.34. The van der Waals surface area contributed by atoms with Crippen LogP contribution in [0.2, 0.25) is 0 Å². The molecule has 3 aliphatic rings. The Morgan fingerprint density at radius 1 is 0.800 bits per heavy atom. The average molecular weight is 667 g/mol. The van der Waals surface area contributed by atoms with E-state index >= 15 is 0 Å². The first kappa shape index (κ1) is 33.1. The Morgan fingerprint density at radius 2 is 1.25 bits per heavy atom. The summed E-state index contributed by atoms with van der Waals surface area (Å²) in [6.45, 7) is 12.7. The molecule has 224 valence electrons. The van der Waals surface area contributed by atoms with E-state index in [4.69, 9.17) is 9.47 Å². The van der Waals surface area contributed by atoms with Gasteiger partial charge in [0, 0.05) is 39.3 Å². The summed E-state index contributed by atoms with van der Waals surface area (Å²) < 4.78 is 12.6. The van der Waals surface area contributed by atoms with Crippen LogP contribution in [-0.2, 0) is 19.1 Å². The summed E-state index contributed by atoms with van der Waals surface area (Å²) in [7, 11) is 0. The van der Waals surface area contributed by atoms with Crippen molar-refractivity contribution in [2.24, 2.45) is 11.8 Å². The third-order valence-electron chi connectivity index (χ3n) is 8.35. The topological polar surface area (TPSA) is 59.1 Å². The van der Waals surface area contributed by atoms with Gasteiger partial charge in [0.25, 0.3) is 0 Å². The van der Waals surface area contributed by atoms with Gasteiger partial charge in [-0.05, 0) is 111 Å². The van der Waals surface area contributed by atoms with Gasteiger partial charge in [0.1, 0.15) is 13.2 Å². The lowest BCUT2D eigenvalue weighted by atomic mass is 9.88. The third-order valence-corrected chi connectivity index (χ3v) is 8.79. The van der Waals surface area contributed by atoms with Crippen LogP contribution in [0.15, 0.2) is 44.6 Å². The molecule has 1 aliphatic heterocycles. The van der Waals surface area contributed by atoms with Crippen LogP contribution < -0.4 is 0 Å². The molecule has 1 heterocycles. The fourth-order valence-corrected chi connectivity index (χ4v) is 6.00. The molecule has 7 heteroatoms. The molecule has 2 unspecified atom stereocenters. The van der Waals surface area contributed by atoms with E-state index in [1.54, 1.807) is 0 Å². The van der Waals surface area contributed by atoms with E-state index < -0.39 is 0 Å². The molecule has 0 aromatic carbocycles. The summed E-state index contributed by atoms with van der Waals surface area (Å²) in [6.07, 6.45) is 19.0. The molecule has 1 saturated heterocycles. The maximum Gasteiger partial charge on any atom is 0.309 e. The van der Waals surface area contributed by atoms with Crippen molar-refractivity contribution in [3.8, 4) is 0 Å². The van der Waals surface area contributed by atoms with Gasteiger partial charge >= 0.3 is 11.9 Å². The van der Waals surface area contributed by atoms with Crippen LogP contribution >= 0.6 is 22.6 Å². The van der Waals surface area contributed by atoms with E-state index in [-0.39, 0.29) is 23.8 Å². The number of hydrogen-bond donors (Lipinski definition) is 0. The largest absolute Gasteiger partial charge is 0.464 e. The quantitative estimate of drug-likeness (QED) is 0.113. The highest BCUT2D eigenvalue weighted by atomic mass is 127. The van der Waals surface area contributed by atoms with Crippen molar-refractivity contribution >= 4 is 34.5 Å². The van der Waals surface area contributed by atoms with E-state index in [1.165, 1.54) is 20.3 Å². The van der Waals surface area contributed by atoms with Crippen molar-refractivity contribution in [1.29, 1.82) is 0 Å². The number of rotatable bonds is 14. The zero-order valence-electron chi connectivity index (χ0n) is 25.1. The number of carbonyl (C=O) groups excluding carboxylic acids is 2. The molecule has 0 bridgehead atoms. The van der Waals surface area contributed by atoms with Crippen LogP contribution in [0.5, 0.6) is 0 Å². The number of hydrogen-bond acceptors (Lipinski definition) is 6. The minimum atomic E-state index is -0.0350. The second kappa shape index (κ2) is 18.2. The molecular weight excluding hydrogens is 615 g/mol. The predicted molar refractivity (Wildman–Crippen MR) is 171 cm³/mol. The predicted octanol–water partition coefficient (Wildman–Crippen LogP) is 7.01. The standard InChI is InChI=1S/C33H51IN2O4/c1-26(2)6-4-8-28-10-14-30(15-11-28)32(37)39-24-22-35-18-20-36(21-19-35)23-25-40-33(38)31-16-12-29(13-17-31)9-5-7-27(3)34/h6-7,10,12,30-31H,4-5,8-9,11,13-25H2,1-3H3/b27-7+. The van der Waals surface area contributed by atoms with Gasteiger partial charge in [-0.25, -0.2) is 0 Å². The van der Waals surface area contributed by atoms with Crippen molar-refractivity contribution in [2.45, 2.75) is 85.0 Å². The number of ether oxygens (including phenoxy) is 2. The van der Waals surface area contributed by atoms with Gasteiger partial charge in [-0.2, -0.15) is 0 Å². The van der Waals surface area contributed by atoms with E-state index in [9.17, 15) is 9.59 Å². The van der Waals surface area contributed by atoms with Crippen LogP contribution in [0, 0.1) is 11.8 Å². The van der Waals surface area contributed by atoms with Crippen LogP contribution in [0.1, 0.15) is 85.0 Å². The molecule has 0 amide bonds. The Balaban J connectivity index is 1.21. The number of allylic oxidation sites excluding steroid dienone is 8. The zero-order chi connectivity index (χ0) is 28.7. The second-order valence-electron chi connectivity index (χ2n) is 11.8. The molecule has 0 saturated carbocycles. The van der Waals surface area contributed by atoms with Crippen molar-refractivity contribution in [3.63, 3.8) is 0 Å². The maximum absolute atomic E-state index is 12.5. The van der Waals surface area contributed by atoms with E-state index in [1.807, 2.05) is 0 Å². The molecule has 3 rings (SSSR count). The normalized spacial score (nSPS) is 22.8. The Morgan fingerprint density at radius 3 is 1.62 bits per heavy atom. The molecule has 2 aliphatic carbocycles. The molecule has 40 heavy (non-hydrogen) atoms. The molecule has 6 nitrogen and oxygen atoms in total. The number of carbonyl (C=O) groups is 2. The second-order valence-corrected chi connectivity index (χ2v) is 13.5. The highest BCUT2D eigenvalue weighted by Crippen LogP contribution is 2.28. The summed E-state index contributed by atoms with van der Waals surface area (Å²) in [6, 6.07) is 0. The van der Waals surface area contributed by atoms with Crippen LogP contribution in [-0.4, -0.2) is 74.2 Å². The lowest BCUT2D eigenvalue weighted by molar-refractivity contribution is -0.150. The number of esters is 2. The van der Waals surface area contributed by atoms with Crippen molar-refractivity contribution in [1.82, 2.24) is 9.80 Å². The molecule has 0 aromatic rings. The summed E-state index contributed by atoms with van der Waals surface area (Å²) in [4.78, 5) is 29.8. The average Bonchev–Trinajstić information content (AvgIpc) is 2.94. The van der Waals surface area contributed by atoms with Crippen LogP contribution in [0.4, 0.5) is 0 Å². The van der Waals surface area contributed by atoms with E-state index in [0.717, 1.165) is 103 Å². The molecule has 0 aromatic heterocycles. The smallest absolute Gasteiger partial charge is 0.309 e. The van der Waals surface area contributed by atoms with Crippen molar-refractivity contribution in [2.75, 3.05) is 52.5 Å². The van der Waals surface area contributed by atoms with Gasteiger partial charge < -0.3 is 9.47 Å². The molecule has 0 spiro atoms. The van der Waals surface area contributed by atoms with Gasteiger partial charge in [0.15, 0.2) is 0 Å². The number of halogens is 1. The van der Waals surface area contributed by atoms with Gasteiger partial charge in [0.2, 0.25) is 0 Å². The van der Waals surface area contributed by atoms with Crippen molar-refractivity contribution < 1.29 is 19.1 Å². The van der Waals surface area contributed by atoms with E-state index in [0.29, 0.717) is 13.2 Å². The Hall–Kier alpha value is -1.45. The third kappa shape index (κ3) is 12.6.